The van der Waals surface area contributed by atoms with Gasteiger partial charge in [0.05, 0.1) is 5.52 Å². The lowest BCUT2D eigenvalue weighted by molar-refractivity contribution is -0.128. The lowest BCUT2D eigenvalue weighted by Gasteiger charge is -2.20. The zero-order chi connectivity index (χ0) is 16.4. The van der Waals surface area contributed by atoms with E-state index >= 15 is 0 Å². The number of hydrogen-bond donors (Lipinski definition) is 2. The van der Waals surface area contributed by atoms with Crippen molar-refractivity contribution in [1.29, 1.82) is 0 Å². The highest BCUT2D eigenvalue weighted by Crippen LogP contribution is 2.26. The molecule has 122 valence electrons. The number of nitrogens with one attached hydrogen (secondary N) is 1. The maximum Gasteiger partial charge on any atom is 0.410 e. The number of rotatable bonds is 2. The van der Waals surface area contributed by atoms with Gasteiger partial charge in [0, 0.05) is 33.1 Å². The van der Waals surface area contributed by atoms with Crippen molar-refractivity contribution in [3.63, 3.8) is 0 Å². The number of carbonyl (C=O) groups is 2. The number of para-hydroxylation sites is 1. The standard InChI is InChI=1S/C15H19N5O3/c1-10(21)19-6-3-7-20(9-8-19)15-17-11-4-2-5-12(13(11)18-15)23-14(16)22/h2,4-5H,3,6-9H2,1H3,(H2,16,22)(H,17,18). The van der Waals surface area contributed by atoms with Crippen molar-refractivity contribution in [3.8, 4) is 5.75 Å². The van der Waals surface area contributed by atoms with Crippen molar-refractivity contribution in [2.24, 2.45) is 5.73 Å². The summed E-state index contributed by atoms with van der Waals surface area (Å²) in [7, 11) is 0. The van der Waals surface area contributed by atoms with Gasteiger partial charge in [-0.05, 0) is 18.6 Å². The summed E-state index contributed by atoms with van der Waals surface area (Å²) in [6.07, 6.45) is 0.00952. The minimum atomic E-state index is -0.867. The van der Waals surface area contributed by atoms with Crippen LogP contribution in [0.1, 0.15) is 13.3 Å². The highest BCUT2D eigenvalue weighted by atomic mass is 16.5. The molecule has 0 unspecified atom stereocenters. The molecule has 0 aliphatic carbocycles. The Morgan fingerprint density at radius 3 is 2.83 bits per heavy atom. The van der Waals surface area contributed by atoms with E-state index in [2.05, 4.69) is 14.9 Å². The summed E-state index contributed by atoms with van der Waals surface area (Å²) in [5.74, 6) is 1.12. The smallest absolute Gasteiger partial charge is 0.408 e. The van der Waals surface area contributed by atoms with E-state index < -0.39 is 6.09 Å². The Labute approximate surface area is 133 Å². The van der Waals surface area contributed by atoms with Gasteiger partial charge in [0.15, 0.2) is 5.75 Å². The molecule has 0 saturated carbocycles. The van der Waals surface area contributed by atoms with E-state index in [4.69, 9.17) is 10.5 Å². The monoisotopic (exact) mass is 317 g/mol. The van der Waals surface area contributed by atoms with Crippen molar-refractivity contribution < 1.29 is 14.3 Å². The molecule has 1 aliphatic heterocycles. The number of hydrogen-bond acceptors (Lipinski definition) is 5. The summed E-state index contributed by atoms with van der Waals surface area (Å²) in [6, 6.07) is 5.28. The summed E-state index contributed by atoms with van der Waals surface area (Å²) in [5.41, 5.74) is 6.42. The summed E-state index contributed by atoms with van der Waals surface area (Å²) in [6.45, 7) is 4.50. The number of benzene rings is 1. The first-order chi connectivity index (χ1) is 11.0. The number of fused-ring (bicyclic) bond motifs is 1. The van der Waals surface area contributed by atoms with E-state index in [1.165, 1.54) is 0 Å². The first-order valence-corrected chi connectivity index (χ1v) is 7.51. The van der Waals surface area contributed by atoms with Gasteiger partial charge in [-0.15, -0.1) is 0 Å². The number of ether oxygens (including phenoxy) is 1. The number of imidazole rings is 1. The van der Waals surface area contributed by atoms with Gasteiger partial charge in [-0.2, -0.15) is 0 Å². The Bertz CT molecular complexity index is 742. The SMILES string of the molecule is CC(=O)N1CCCN(c2nc3c(OC(N)=O)cccc3[nH]2)CC1. The summed E-state index contributed by atoms with van der Waals surface area (Å²) >= 11 is 0. The molecule has 0 atom stereocenters. The Hall–Kier alpha value is -2.77. The maximum absolute atomic E-state index is 11.5. The Balaban J connectivity index is 1.85. The molecule has 1 aromatic heterocycles. The molecule has 2 heterocycles. The van der Waals surface area contributed by atoms with Crippen molar-refractivity contribution >= 4 is 29.0 Å². The second kappa shape index (κ2) is 6.15. The van der Waals surface area contributed by atoms with Crippen molar-refractivity contribution in [1.82, 2.24) is 14.9 Å². The first kappa shape index (κ1) is 15.1. The van der Waals surface area contributed by atoms with Crippen LogP contribution in [0.15, 0.2) is 18.2 Å². The molecule has 8 nitrogen and oxygen atoms in total. The van der Waals surface area contributed by atoms with Crippen LogP contribution in [0.25, 0.3) is 11.0 Å². The third-order valence-electron chi connectivity index (χ3n) is 3.91. The molecule has 1 fully saturated rings. The fourth-order valence-electron chi connectivity index (χ4n) is 2.78. The molecule has 23 heavy (non-hydrogen) atoms. The molecule has 0 bridgehead atoms. The molecule has 8 heteroatoms. The Kier molecular flexibility index (Phi) is 4.05. The van der Waals surface area contributed by atoms with Crippen molar-refractivity contribution in [3.05, 3.63) is 18.2 Å². The fourth-order valence-corrected chi connectivity index (χ4v) is 2.78. The van der Waals surface area contributed by atoms with Crippen LogP contribution in [0.5, 0.6) is 5.75 Å². The van der Waals surface area contributed by atoms with E-state index in [9.17, 15) is 9.59 Å². The fraction of sp³-hybridized carbons (Fsp3) is 0.400. The Morgan fingerprint density at radius 2 is 2.09 bits per heavy atom. The minimum Gasteiger partial charge on any atom is -0.408 e. The van der Waals surface area contributed by atoms with Crippen LogP contribution in [0.3, 0.4) is 0 Å². The van der Waals surface area contributed by atoms with Gasteiger partial charge >= 0.3 is 6.09 Å². The van der Waals surface area contributed by atoms with Gasteiger partial charge in [-0.25, -0.2) is 9.78 Å². The number of carbonyl (C=O) groups excluding carboxylic acids is 2. The number of amides is 2. The topological polar surface area (TPSA) is 105 Å². The van der Waals surface area contributed by atoms with E-state index in [0.717, 1.165) is 25.0 Å². The van der Waals surface area contributed by atoms with Crippen LogP contribution in [0, 0.1) is 0 Å². The van der Waals surface area contributed by atoms with Crippen LogP contribution < -0.4 is 15.4 Å². The number of aromatic amines is 1. The van der Waals surface area contributed by atoms with Crippen LogP contribution in [0.4, 0.5) is 10.7 Å². The van der Waals surface area contributed by atoms with E-state index in [-0.39, 0.29) is 5.91 Å². The average Bonchev–Trinajstić information content (AvgIpc) is 2.77. The third kappa shape index (κ3) is 3.20. The zero-order valence-corrected chi connectivity index (χ0v) is 12.9. The molecule has 1 aliphatic rings. The molecule has 3 rings (SSSR count). The first-order valence-electron chi connectivity index (χ1n) is 7.51. The van der Waals surface area contributed by atoms with E-state index in [1.54, 1.807) is 19.1 Å². The van der Waals surface area contributed by atoms with Gasteiger partial charge in [-0.1, -0.05) is 6.07 Å². The van der Waals surface area contributed by atoms with Gasteiger partial charge in [-0.3, -0.25) is 4.79 Å². The second-order valence-electron chi connectivity index (χ2n) is 5.48. The highest BCUT2D eigenvalue weighted by Gasteiger charge is 2.20. The molecule has 3 N–H and O–H groups in total. The number of nitrogens with two attached hydrogens (primary N) is 1. The second-order valence-corrected chi connectivity index (χ2v) is 5.48. The quantitative estimate of drug-likeness (QED) is 0.862. The summed E-state index contributed by atoms with van der Waals surface area (Å²) < 4.78 is 4.99. The molecule has 0 radical (unpaired) electrons. The number of H-pyrrole nitrogens is 1. The van der Waals surface area contributed by atoms with Crippen LogP contribution in [-0.2, 0) is 4.79 Å². The molecular formula is C15H19N5O3. The number of anilines is 1. The van der Waals surface area contributed by atoms with Gasteiger partial charge < -0.3 is 25.3 Å². The summed E-state index contributed by atoms with van der Waals surface area (Å²) in [5, 5.41) is 0. The average molecular weight is 317 g/mol. The maximum atomic E-state index is 11.5. The molecule has 2 aromatic rings. The molecular weight excluding hydrogens is 298 g/mol. The molecule has 0 spiro atoms. The van der Waals surface area contributed by atoms with Gasteiger partial charge in [0.25, 0.3) is 0 Å². The van der Waals surface area contributed by atoms with Crippen LogP contribution in [0.2, 0.25) is 0 Å². The summed E-state index contributed by atoms with van der Waals surface area (Å²) in [4.78, 5) is 34.2. The van der Waals surface area contributed by atoms with Gasteiger partial charge in [0.1, 0.15) is 5.52 Å². The van der Waals surface area contributed by atoms with Crippen molar-refractivity contribution in [2.45, 2.75) is 13.3 Å². The largest absolute Gasteiger partial charge is 0.410 e. The number of aromatic nitrogens is 2. The lowest BCUT2D eigenvalue weighted by atomic mass is 10.3. The van der Waals surface area contributed by atoms with Crippen LogP contribution >= 0.6 is 0 Å². The molecule has 1 saturated heterocycles. The minimum absolute atomic E-state index is 0.0913. The number of nitrogens with zero attached hydrogens (tertiary/aromatic N) is 3. The zero-order valence-electron chi connectivity index (χ0n) is 12.9. The van der Waals surface area contributed by atoms with E-state index in [0.29, 0.717) is 30.3 Å². The van der Waals surface area contributed by atoms with Crippen LogP contribution in [-0.4, -0.2) is 53.0 Å². The normalized spacial score (nSPS) is 15.5. The van der Waals surface area contributed by atoms with Crippen molar-refractivity contribution in [2.75, 3.05) is 31.1 Å². The number of primary amides is 1. The molecule has 2 amide bonds. The molecule has 1 aromatic carbocycles. The Morgan fingerprint density at radius 1 is 1.26 bits per heavy atom. The van der Waals surface area contributed by atoms with E-state index in [1.807, 2.05) is 11.0 Å². The lowest BCUT2D eigenvalue weighted by Crippen LogP contribution is -2.33. The third-order valence-corrected chi connectivity index (χ3v) is 3.91. The highest BCUT2D eigenvalue weighted by molar-refractivity contribution is 5.86. The predicted octanol–water partition coefficient (Wildman–Crippen LogP) is 1.08. The predicted molar refractivity (Wildman–Crippen MR) is 85.4 cm³/mol. The van der Waals surface area contributed by atoms with Gasteiger partial charge in [0.2, 0.25) is 11.9 Å².